The second-order valence-electron chi connectivity index (χ2n) is 3.65. The first-order valence-electron chi connectivity index (χ1n) is 4.97. The molecule has 0 unspecified atom stereocenters. The summed E-state index contributed by atoms with van der Waals surface area (Å²) in [4.78, 5) is 4.45. The molecular weight excluding hydrogens is 252 g/mol. The van der Waals surface area contributed by atoms with E-state index in [4.69, 9.17) is 5.73 Å². The van der Waals surface area contributed by atoms with Gasteiger partial charge in [-0.15, -0.1) is 0 Å². The second-order valence-corrected chi connectivity index (χ2v) is 4.50. The molecule has 0 aliphatic rings. The van der Waals surface area contributed by atoms with Crippen molar-refractivity contribution in [3.63, 3.8) is 0 Å². The molecule has 2 aromatic rings. The Bertz CT molecular complexity index is 521. The molecule has 0 saturated heterocycles. The SMILES string of the molecule is CCc1cc2c(Br)ccc(C)c2nc1N. The van der Waals surface area contributed by atoms with Gasteiger partial charge < -0.3 is 5.73 Å². The maximum absolute atomic E-state index is 5.89. The number of fused-ring (bicyclic) bond motifs is 1. The van der Waals surface area contributed by atoms with Crippen LogP contribution in [-0.2, 0) is 6.42 Å². The smallest absolute Gasteiger partial charge is 0.127 e. The molecule has 0 amide bonds. The zero-order valence-corrected chi connectivity index (χ0v) is 10.4. The lowest BCUT2D eigenvalue weighted by Gasteiger charge is -2.08. The summed E-state index contributed by atoms with van der Waals surface area (Å²) in [6, 6.07) is 6.22. The van der Waals surface area contributed by atoms with E-state index >= 15 is 0 Å². The third-order valence-electron chi connectivity index (χ3n) is 2.63. The van der Waals surface area contributed by atoms with Crippen molar-refractivity contribution in [1.29, 1.82) is 0 Å². The molecule has 1 aromatic heterocycles. The van der Waals surface area contributed by atoms with E-state index in [0.717, 1.165) is 32.9 Å². The monoisotopic (exact) mass is 264 g/mol. The standard InChI is InChI=1S/C12H13BrN2/c1-3-8-6-9-10(13)5-4-7(2)11(9)15-12(8)14/h4-6H,3H2,1-2H3,(H2,14,15). The Morgan fingerprint density at radius 3 is 2.80 bits per heavy atom. The van der Waals surface area contributed by atoms with Crippen LogP contribution in [0.25, 0.3) is 10.9 Å². The first-order valence-corrected chi connectivity index (χ1v) is 5.77. The van der Waals surface area contributed by atoms with Crippen LogP contribution in [-0.4, -0.2) is 4.98 Å². The van der Waals surface area contributed by atoms with Crippen molar-refractivity contribution in [1.82, 2.24) is 4.98 Å². The fraction of sp³-hybridized carbons (Fsp3) is 0.250. The Morgan fingerprint density at radius 1 is 1.40 bits per heavy atom. The Balaban J connectivity index is 2.86. The third-order valence-corrected chi connectivity index (χ3v) is 3.32. The summed E-state index contributed by atoms with van der Waals surface area (Å²) in [7, 11) is 0. The molecule has 2 rings (SSSR count). The highest BCUT2D eigenvalue weighted by molar-refractivity contribution is 9.10. The van der Waals surface area contributed by atoms with Gasteiger partial charge in [-0.1, -0.05) is 28.9 Å². The third kappa shape index (κ3) is 1.72. The van der Waals surface area contributed by atoms with Gasteiger partial charge in [-0.05, 0) is 36.6 Å². The van der Waals surface area contributed by atoms with Crippen molar-refractivity contribution in [3.05, 3.63) is 33.8 Å². The van der Waals surface area contributed by atoms with Crippen LogP contribution in [0.4, 0.5) is 5.82 Å². The van der Waals surface area contributed by atoms with E-state index in [-0.39, 0.29) is 0 Å². The molecule has 0 spiro atoms. The summed E-state index contributed by atoms with van der Waals surface area (Å²) >= 11 is 3.54. The van der Waals surface area contributed by atoms with E-state index in [1.54, 1.807) is 0 Å². The number of aryl methyl sites for hydroxylation is 2. The summed E-state index contributed by atoms with van der Waals surface area (Å²) in [5, 5.41) is 1.14. The highest BCUT2D eigenvalue weighted by atomic mass is 79.9. The average molecular weight is 265 g/mol. The number of nitrogens with zero attached hydrogens (tertiary/aromatic N) is 1. The molecule has 0 saturated carbocycles. The lowest BCUT2D eigenvalue weighted by Crippen LogP contribution is -1.98. The maximum atomic E-state index is 5.89. The van der Waals surface area contributed by atoms with Gasteiger partial charge in [0.2, 0.25) is 0 Å². The van der Waals surface area contributed by atoms with Crippen molar-refractivity contribution in [2.45, 2.75) is 20.3 Å². The van der Waals surface area contributed by atoms with Gasteiger partial charge in [-0.2, -0.15) is 0 Å². The summed E-state index contributed by atoms with van der Waals surface area (Å²) in [5.74, 6) is 0.645. The molecule has 0 aliphatic heterocycles. The molecule has 3 heteroatoms. The molecule has 2 nitrogen and oxygen atoms in total. The van der Waals surface area contributed by atoms with Crippen LogP contribution in [0.5, 0.6) is 0 Å². The Morgan fingerprint density at radius 2 is 2.13 bits per heavy atom. The topological polar surface area (TPSA) is 38.9 Å². The van der Waals surface area contributed by atoms with Gasteiger partial charge in [0.05, 0.1) is 5.52 Å². The van der Waals surface area contributed by atoms with Crippen LogP contribution in [0.1, 0.15) is 18.1 Å². The Hall–Kier alpha value is -1.09. The molecule has 0 bridgehead atoms. The number of nitrogens with two attached hydrogens (primary N) is 1. The van der Waals surface area contributed by atoms with E-state index in [1.807, 2.05) is 13.0 Å². The minimum atomic E-state index is 0.645. The van der Waals surface area contributed by atoms with Crippen LogP contribution in [0.3, 0.4) is 0 Å². The zero-order chi connectivity index (χ0) is 11.0. The number of halogens is 1. The highest BCUT2D eigenvalue weighted by Crippen LogP contribution is 2.28. The first-order chi connectivity index (χ1) is 7.13. The summed E-state index contributed by atoms with van der Waals surface area (Å²) in [5.41, 5.74) is 9.14. The van der Waals surface area contributed by atoms with Crippen molar-refractivity contribution in [3.8, 4) is 0 Å². The van der Waals surface area contributed by atoms with Gasteiger partial charge in [-0.3, -0.25) is 0 Å². The molecule has 0 atom stereocenters. The minimum absolute atomic E-state index is 0.645. The Labute approximate surface area is 97.6 Å². The average Bonchev–Trinajstić information content (AvgIpc) is 2.23. The molecule has 78 valence electrons. The molecule has 1 heterocycles. The minimum Gasteiger partial charge on any atom is -0.383 e. The maximum Gasteiger partial charge on any atom is 0.127 e. The molecule has 2 N–H and O–H groups in total. The van der Waals surface area contributed by atoms with E-state index < -0.39 is 0 Å². The number of benzene rings is 1. The van der Waals surface area contributed by atoms with Crippen LogP contribution >= 0.6 is 15.9 Å². The van der Waals surface area contributed by atoms with Crippen LogP contribution in [0.15, 0.2) is 22.7 Å². The number of anilines is 1. The molecule has 0 radical (unpaired) electrons. The normalized spacial score (nSPS) is 10.9. The number of aromatic nitrogens is 1. The van der Waals surface area contributed by atoms with Crippen molar-refractivity contribution < 1.29 is 0 Å². The fourth-order valence-electron chi connectivity index (χ4n) is 1.70. The van der Waals surface area contributed by atoms with E-state index in [2.05, 4.69) is 40.0 Å². The molecule has 0 aliphatic carbocycles. The van der Waals surface area contributed by atoms with Gasteiger partial charge in [0.25, 0.3) is 0 Å². The number of hydrogen-bond donors (Lipinski definition) is 1. The van der Waals surface area contributed by atoms with E-state index in [0.29, 0.717) is 5.82 Å². The summed E-state index contributed by atoms with van der Waals surface area (Å²) in [6.45, 7) is 4.13. The van der Waals surface area contributed by atoms with Gasteiger partial charge in [0.1, 0.15) is 5.82 Å². The zero-order valence-electron chi connectivity index (χ0n) is 8.84. The van der Waals surface area contributed by atoms with Crippen molar-refractivity contribution in [2.24, 2.45) is 0 Å². The summed E-state index contributed by atoms with van der Waals surface area (Å²) < 4.78 is 1.07. The van der Waals surface area contributed by atoms with Crippen molar-refractivity contribution in [2.75, 3.05) is 5.73 Å². The Kier molecular flexibility index (Phi) is 2.65. The number of rotatable bonds is 1. The second kappa shape index (κ2) is 3.81. The number of hydrogen-bond acceptors (Lipinski definition) is 2. The molecule has 1 aromatic carbocycles. The summed E-state index contributed by atoms with van der Waals surface area (Å²) in [6.07, 6.45) is 0.912. The predicted molar refractivity (Wildman–Crippen MR) is 68.0 cm³/mol. The van der Waals surface area contributed by atoms with Gasteiger partial charge in [0, 0.05) is 9.86 Å². The van der Waals surface area contributed by atoms with Crippen LogP contribution in [0, 0.1) is 6.92 Å². The van der Waals surface area contributed by atoms with Crippen LogP contribution in [0.2, 0.25) is 0 Å². The van der Waals surface area contributed by atoms with Crippen molar-refractivity contribution >= 4 is 32.7 Å². The largest absolute Gasteiger partial charge is 0.383 e. The van der Waals surface area contributed by atoms with E-state index in [9.17, 15) is 0 Å². The predicted octanol–water partition coefficient (Wildman–Crippen LogP) is 3.45. The van der Waals surface area contributed by atoms with Gasteiger partial charge in [-0.25, -0.2) is 4.98 Å². The van der Waals surface area contributed by atoms with E-state index in [1.165, 1.54) is 0 Å². The van der Waals surface area contributed by atoms with Gasteiger partial charge >= 0.3 is 0 Å². The fourth-order valence-corrected chi connectivity index (χ4v) is 2.14. The lowest BCUT2D eigenvalue weighted by molar-refractivity contribution is 1.13. The van der Waals surface area contributed by atoms with Gasteiger partial charge in [0.15, 0.2) is 0 Å². The highest BCUT2D eigenvalue weighted by Gasteiger charge is 2.07. The quantitative estimate of drug-likeness (QED) is 0.857. The lowest BCUT2D eigenvalue weighted by atomic mass is 10.1. The molecular formula is C12H13BrN2. The number of nitrogen functional groups attached to an aromatic ring is 1. The molecule has 15 heavy (non-hydrogen) atoms. The number of pyridine rings is 1. The van der Waals surface area contributed by atoms with Crippen LogP contribution < -0.4 is 5.73 Å². The first kappa shape index (κ1) is 10.4. The molecule has 0 fully saturated rings.